The lowest BCUT2D eigenvalue weighted by atomic mass is 10.3. The van der Waals surface area contributed by atoms with Crippen LogP contribution in [-0.2, 0) is 13.0 Å². The van der Waals surface area contributed by atoms with E-state index in [1.54, 1.807) is 0 Å². The zero-order valence-corrected chi connectivity index (χ0v) is 9.66. The normalized spacial score (nSPS) is 16.9. The molecule has 0 unspecified atom stereocenters. The second-order valence-corrected chi connectivity index (χ2v) is 4.46. The molecule has 0 saturated carbocycles. The van der Waals surface area contributed by atoms with E-state index in [9.17, 15) is 0 Å². The monoisotopic (exact) mass is 206 g/mol. The number of nitrogens with one attached hydrogen (secondary N) is 1. The summed E-state index contributed by atoms with van der Waals surface area (Å²) in [4.78, 5) is 5.68. The van der Waals surface area contributed by atoms with Gasteiger partial charge in [-0.15, -0.1) is 0 Å². The van der Waals surface area contributed by atoms with Crippen molar-refractivity contribution in [2.24, 2.45) is 0 Å². The lowest BCUT2D eigenvalue weighted by molar-refractivity contribution is -0.700. The Morgan fingerprint density at radius 3 is 3.20 bits per heavy atom. The quantitative estimate of drug-likeness (QED) is 0.569. The molecule has 82 valence electrons. The van der Waals surface area contributed by atoms with E-state index in [4.69, 9.17) is 0 Å². The molecule has 1 aromatic heterocycles. The fourth-order valence-electron chi connectivity index (χ4n) is 1.94. The van der Waals surface area contributed by atoms with Gasteiger partial charge in [0.25, 0.3) is 0 Å². The summed E-state index contributed by atoms with van der Waals surface area (Å²) in [5.41, 5.74) is 2.84. The topological polar surface area (TPSA) is 22.9 Å². The molecule has 0 saturated heterocycles. The van der Waals surface area contributed by atoms with Gasteiger partial charge in [0.1, 0.15) is 18.4 Å². The Morgan fingerprint density at radius 2 is 2.40 bits per heavy atom. The number of hydrogen-bond donors (Lipinski definition) is 1. The summed E-state index contributed by atoms with van der Waals surface area (Å²) in [6, 6.07) is 0. The zero-order chi connectivity index (χ0) is 10.7. The molecule has 1 N–H and O–H groups in total. The molecule has 15 heavy (non-hydrogen) atoms. The number of H-pyrrole nitrogens is 1. The minimum absolute atomic E-state index is 1.09. The first-order valence-electron chi connectivity index (χ1n) is 5.66. The minimum atomic E-state index is 1.09. The van der Waals surface area contributed by atoms with Crippen molar-refractivity contribution in [2.75, 3.05) is 19.6 Å². The van der Waals surface area contributed by atoms with Crippen LogP contribution in [0.15, 0.2) is 24.2 Å². The van der Waals surface area contributed by atoms with Crippen molar-refractivity contribution in [3.05, 3.63) is 29.9 Å². The molecule has 0 amide bonds. The fourth-order valence-corrected chi connectivity index (χ4v) is 1.94. The van der Waals surface area contributed by atoms with Crippen LogP contribution < -0.4 is 4.57 Å². The molecule has 2 rings (SSSR count). The van der Waals surface area contributed by atoms with Crippen molar-refractivity contribution >= 4 is 0 Å². The zero-order valence-electron chi connectivity index (χ0n) is 9.66. The molecule has 0 fully saturated rings. The van der Waals surface area contributed by atoms with Crippen LogP contribution in [0, 0.1) is 0 Å². The highest BCUT2D eigenvalue weighted by atomic mass is 15.2. The van der Waals surface area contributed by atoms with Gasteiger partial charge in [-0.3, -0.25) is 4.90 Å². The smallest absolute Gasteiger partial charge is 0.241 e. The standard InChI is InChI=1S/C12H19N3/c1-11(2)3-5-14-6-4-12-9-13-10-15(12)8-7-14/h3,9-10H,4-8H2,1-2H3/p+1. The molecule has 2 heterocycles. The van der Waals surface area contributed by atoms with Gasteiger partial charge in [0, 0.05) is 26.1 Å². The fraction of sp³-hybridized carbons (Fsp3) is 0.583. The van der Waals surface area contributed by atoms with E-state index in [1.165, 1.54) is 17.8 Å². The highest BCUT2D eigenvalue weighted by Gasteiger charge is 2.16. The van der Waals surface area contributed by atoms with Crippen LogP contribution in [0.1, 0.15) is 19.5 Å². The van der Waals surface area contributed by atoms with E-state index < -0.39 is 0 Å². The predicted molar refractivity (Wildman–Crippen MR) is 60.6 cm³/mol. The summed E-state index contributed by atoms with van der Waals surface area (Å²) in [6.45, 7) is 8.85. The van der Waals surface area contributed by atoms with E-state index in [0.717, 1.165) is 26.1 Å². The maximum Gasteiger partial charge on any atom is 0.241 e. The number of aromatic nitrogens is 2. The van der Waals surface area contributed by atoms with E-state index in [2.05, 4.69) is 46.9 Å². The van der Waals surface area contributed by atoms with E-state index in [1.807, 2.05) is 0 Å². The van der Waals surface area contributed by atoms with Crippen LogP contribution in [0.3, 0.4) is 0 Å². The summed E-state index contributed by atoms with van der Waals surface area (Å²) in [6.07, 6.45) is 7.65. The lowest BCUT2D eigenvalue weighted by Crippen LogP contribution is -2.38. The second kappa shape index (κ2) is 4.62. The first-order chi connectivity index (χ1) is 7.25. The van der Waals surface area contributed by atoms with Crippen LogP contribution in [0.4, 0.5) is 0 Å². The Hall–Kier alpha value is -1.09. The van der Waals surface area contributed by atoms with Crippen LogP contribution in [0.25, 0.3) is 0 Å². The van der Waals surface area contributed by atoms with Gasteiger partial charge in [0.15, 0.2) is 0 Å². The number of allylic oxidation sites excluding steroid dienone is 1. The Bertz CT molecular complexity index is 325. The molecule has 0 bridgehead atoms. The number of fused-ring (bicyclic) bond motifs is 1. The molecule has 0 aliphatic carbocycles. The third-order valence-corrected chi connectivity index (χ3v) is 2.95. The third-order valence-electron chi connectivity index (χ3n) is 2.95. The molecule has 0 spiro atoms. The van der Waals surface area contributed by atoms with Crippen LogP contribution >= 0.6 is 0 Å². The van der Waals surface area contributed by atoms with Gasteiger partial charge < -0.3 is 0 Å². The maximum absolute atomic E-state index is 3.17. The Labute approximate surface area is 91.4 Å². The van der Waals surface area contributed by atoms with Gasteiger partial charge in [-0.1, -0.05) is 11.6 Å². The van der Waals surface area contributed by atoms with E-state index in [-0.39, 0.29) is 0 Å². The number of imidazole rings is 1. The summed E-state index contributed by atoms with van der Waals surface area (Å²) in [5.74, 6) is 0. The summed E-state index contributed by atoms with van der Waals surface area (Å²) >= 11 is 0. The molecule has 0 aromatic carbocycles. The van der Waals surface area contributed by atoms with E-state index in [0.29, 0.717) is 0 Å². The summed E-state index contributed by atoms with van der Waals surface area (Å²) < 4.78 is 2.32. The van der Waals surface area contributed by atoms with Crippen LogP contribution in [0.2, 0.25) is 0 Å². The average molecular weight is 206 g/mol. The predicted octanol–water partition coefficient (Wildman–Crippen LogP) is 1.13. The van der Waals surface area contributed by atoms with Crippen molar-refractivity contribution in [3.63, 3.8) is 0 Å². The largest absolute Gasteiger partial charge is 0.295 e. The van der Waals surface area contributed by atoms with Crippen molar-refractivity contribution in [1.82, 2.24) is 9.88 Å². The van der Waals surface area contributed by atoms with Crippen molar-refractivity contribution in [1.29, 1.82) is 0 Å². The average Bonchev–Trinajstić information content (AvgIpc) is 2.56. The molecule has 3 heteroatoms. The number of aromatic amines is 1. The first-order valence-corrected chi connectivity index (χ1v) is 5.66. The molecular formula is C12H20N3+. The Balaban J connectivity index is 1.94. The van der Waals surface area contributed by atoms with Crippen molar-refractivity contribution in [3.8, 4) is 0 Å². The van der Waals surface area contributed by atoms with Gasteiger partial charge in [-0.05, 0) is 13.8 Å². The molecule has 1 aromatic rings. The molecular weight excluding hydrogens is 186 g/mol. The third kappa shape index (κ3) is 2.69. The van der Waals surface area contributed by atoms with Gasteiger partial charge in [-0.2, -0.15) is 0 Å². The molecule has 0 atom stereocenters. The molecule has 1 aliphatic rings. The Morgan fingerprint density at radius 1 is 1.53 bits per heavy atom. The number of nitrogens with zero attached hydrogens (tertiary/aromatic N) is 2. The number of rotatable bonds is 2. The number of hydrogen-bond acceptors (Lipinski definition) is 1. The summed E-state index contributed by atoms with van der Waals surface area (Å²) in [5, 5.41) is 0. The lowest BCUT2D eigenvalue weighted by Gasteiger charge is -2.16. The van der Waals surface area contributed by atoms with Crippen LogP contribution in [-0.4, -0.2) is 29.5 Å². The van der Waals surface area contributed by atoms with Gasteiger partial charge in [-0.25, -0.2) is 9.55 Å². The van der Waals surface area contributed by atoms with Crippen molar-refractivity contribution in [2.45, 2.75) is 26.8 Å². The maximum atomic E-state index is 3.17. The minimum Gasteiger partial charge on any atom is -0.295 e. The van der Waals surface area contributed by atoms with Crippen LogP contribution in [0.5, 0.6) is 0 Å². The highest BCUT2D eigenvalue weighted by molar-refractivity contribution is 4.96. The molecule has 3 nitrogen and oxygen atoms in total. The van der Waals surface area contributed by atoms with Gasteiger partial charge >= 0.3 is 0 Å². The second-order valence-electron chi connectivity index (χ2n) is 4.46. The summed E-state index contributed by atoms with van der Waals surface area (Å²) in [7, 11) is 0. The highest BCUT2D eigenvalue weighted by Crippen LogP contribution is 2.02. The molecule has 1 aliphatic heterocycles. The Kier molecular flexibility index (Phi) is 3.21. The SMILES string of the molecule is CC(C)=CCN1CCc2c[nH]c[n+]2CC1. The van der Waals surface area contributed by atoms with E-state index >= 15 is 0 Å². The van der Waals surface area contributed by atoms with Gasteiger partial charge in [0.05, 0.1) is 0 Å². The van der Waals surface area contributed by atoms with Gasteiger partial charge in [0.2, 0.25) is 6.33 Å². The first kappa shape index (κ1) is 10.4. The van der Waals surface area contributed by atoms with Crippen molar-refractivity contribution < 1.29 is 4.57 Å². The molecule has 0 radical (unpaired) electrons.